The molecule has 0 bridgehead atoms. The first kappa shape index (κ1) is 50.6. The molecule has 12 aromatic rings. The Kier molecular flexibility index (Phi) is 13.8. The Morgan fingerprint density at radius 2 is 0.724 bits per heavy atom. The second-order valence-corrected chi connectivity index (χ2v) is 19.0. The van der Waals surface area contributed by atoms with E-state index in [0.29, 0.717) is 11.5 Å². The Bertz CT molecular complexity index is 3660. The zero-order valence-corrected chi connectivity index (χ0v) is 47.8. The second kappa shape index (κ2) is 20.8. The average Bonchev–Trinajstić information content (AvgIpc) is 4.15. The first-order valence-corrected chi connectivity index (χ1v) is 25.7. The quantitative estimate of drug-likeness (QED) is 0.130. The molecule has 1 radical (unpaired) electrons. The Morgan fingerprint density at radius 1 is 0.395 bits per heavy atom. The number of fused-ring (bicyclic) bond motifs is 16. The summed E-state index contributed by atoms with van der Waals surface area (Å²) in [6.45, 7) is 9.09. The van der Waals surface area contributed by atoms with Crippen LogP contribution in [0.15, 0.2) is 219 Å². The van der Waals surface area contributed by atoms with Gasteiger partial charge in [0.05, 0.1) is 26.2 Å². The van der Waals surface area contributed by atoms with Gasteiger partial charge in [0.15, 0.2) is 0 Å². The fraction of sp³-hybridized carbons (Fsp3) is 0.119. The molecule has 0 amide bonds. The van der Waals surface area contributed by atoms with Gasteiger partial charge < -0.3 is 21.3 Å². The minimum absolute atomic E-state index is 0. The van der Waals surface area contributed by atoms with Crippen LogP contribution in [0.4, 0.5) is 22.7 Å². The second-order valence-electron chi connectivity index (χ2n) is 19.0. The summed E-state index contributed by atoms with van der Waals surface area (Å²) in [4.78, 5) is 9.23. The Hall–Kier alpha value is -8.93. The molecule has 0 unspecified atom stereocenters. The zero-order valence-electron chi connectivity index (χ0n) is 42.8. The van der Waals surface area contributed by atoms with Crippen molar-refractivity contribution in [1.29, 1.82) is 0 Å². The van der Waals surface area contributed by atoms with Gasteiger partial charge in [0.1, 0.15) is 34.4 Å². The van der Waals surface area contributed by atoms with Crippen LogP contribution in [-0.2, 0) is 21.1 Å². The van der Waals surface area contributed by atoms with E-state index < -0.39 is 0 Å². The molecule has 4 aromatic heterocycles. The molecule has 0 atom stereocenters. The number of benzene rings is 8. The standard InChI is InChI=1S/C34H20N4O.2C15H14N.C2H6.CH3.Bk.Pt/c1-3-11-29-25(9-1)27-17-15-23(21-31(27)37(29)33-13-5-7-19-35-33)39-24-16-18-28-26-10-2-4-12-30(26)38(32(28)22-24)34-14-6-8-20-36-34;2*1-3-8-14-12(6-1)13-7-2-4-9-15(13)16(14)10-5-11-16;1-2;;;/h1-20H;2*1-4,6-9H,5,10-11H2;1-2H3;1H3;;/q-2;2*+1;;-1;;+2. The van der Waals surface area contributed by atoms with Crippen molar-refractivity contribution in [3.63, 3.8) is 0 Å². The van der Waals surface area contributed by atoms with Gasteiger partial charge in [0, 0.05) is 94.3 Å². The third kappa shape index (κ3) is 7.97. The molecule has 8 heterocycles. The molecular weight excluding hydrogens is 1350 g/mol. The number of hydrogen-bond donors (Lipinski definition) is 0. The molecule has 4 aliphatic rings. The van der Waals surface area contributed by atoms with E-state index in [1.165, 1.54) is 84.0 Å². The van der Waals surface area contributed by atoms with Crippen LogP contribution in [-0.4, -0.2) is 45.3 Å². The van der Waals surface area contributed by atoms with E-state index in [-0.39, 0.29) is 28.5 Å². The molecule has 16 rings (SSSR count). The van der Waals surface area contributed by atoms with Gasteiger partial charge in [-0.2, -0.15) is 12.1 Å². The molecule has 0 aliphatic carbocycles. The molecule has 8 aromatic carbocycles. The monoisotopic (exact) mass is 1400 g/mol. The Balaban J connectivity index is 0.000000146. The largest absolute Gasteiger partial charge is 2.00 e. The molecule has 2 fully saturated rings. The number of ether oxygens (including phenoxy) is 1. The summed E-state index contributed by atoms with van der Waals surface area (Å²) in [6, 6.07) is 79.2. The third-order valence-corrected chi connectivity index (χ3v) is 15.3. The van der Waals surface area contributed by atoms with Gasteiger partial charge in [0.25, 0.3) is 0 Å². The van der Waals surface area contributed by atoms with E-state index in [2.05, 4.69) is 177 Å². The van der Waals surface area contributed by atoms with Gasteiger partial charge in [-0.15, -0.1) is 35.0 Å². The number of nitrogens with zero attached hydrogens (tertiary/aromatic N) is 6. The molecule has 0 N–H and O–H groups in total. The molecule has 7 nitrogen and oxygen atoms in total. The fourth-order valence-electron chi connectivity index (χ4n) is 11.9. The van der Waals surface area contributed by atoms with Crippen molar-refractivity contribution < 1.29 is 25.8 Å². The fourth-order valence-corrected chi connectivity index (χ4v) is 11.9. The first-order valence-electron chi connectivity index (χ1n) is 25.7. The van der Waals surface area contributed by atoms with Crippen LogP contribution < -0.4 is 13.7 Å². The zero-order chi connectivity index (χ0) is 48.9. The van der Waals surface area contributed by atoms with Gasteiger partial charge in [-0.05, 0) is 71.4 Å². The van der Waals surface area contributed by atoms with Gasteiger partial charge in [-0.1, -0.05) is 122 Å². The van der Waals surface area contributed by atoms with Crippen LogP contribution in [0.25, 0.3) is 77.5 Å². The van der Waals surface area contributed by atoms with Gasteiger partial charge in [-0.25, -0.2) is 9.97 Å². The summed E-state index contributed by atoms with van der Waals surface area (Å²) < 4.78 is 12.9. The van der Waals surface area contributed by atoms with Gasteiger partial charge in [-0.3, -0.25) is 8.97 Å². The molecule has 379 valence electrons. The first-order chi connectivity index (χ1) is 36.2. The Labute approximate surface area is 454 Å². The number of quaternary nitrogens is 2. The van der Waals surface area contributed by atoms with Gasteiger partial charge >= 0.3 is 21.1 Å². The van der Waals surface area contributed by atoms with E-state index in [1.54, 1.807) is 12.4 Å². The van der Waals surface area contributed by atoms with E-state index >= 15 is 0 Å². The maximum atomic E-state index is 6.39. The van der Waals surface area contributed by atoms with Crippen molar-refractivity contribution in [2.75, 3.05) is 26.2 Å². The van der Waals surface area contributed by atoms with E-state index in [9.17, 15) is 0 Å². The molecule has 76 heavy (non-hydrogen) atoms. The van der Waals surface area contributed by atoms with Crippen LogP contribution in [0.3, 0.4) is 0 Å². The molecule has 9 heteroatoms. The Morgan fingerprint density at radius 3 is 1.05 bits per heavy atom. The molecule has 0 saturated carbocycles. The predicted molar refractivity (Wildman–Crippen MR) is 308 cm³/mol. The van der Waals surface area contributed by atoms with Crippen molar-refractivity contribution >= 4 is 66.4 Å². The molecule has 2 spiro atoms. The SMILES string of the molecule is CC.[Bk].[CH3-].[Pt+2].[c-]1c(Oc2[c-]c3c(cc2)c2ccccc2n3-c2ccccn2)ccc2c3ccccc3n(-c3ccccn3)c12.c1ccc2c(c1)-c1ccccc1[N+]21CCC1.c1ccc2c(c1)-c1ccccc1[N+]21CCC1. The van der Waals surface area contributed by atoms with Crippen molar-refractivity contribution in [3.8, 4) is 45.4 Å². The normalized spacial score (nSPS) is 14.0. The van der Waals surface area contributed by atoms with Crippen LogP contribution >= 0.6 is 0 Å². The number of rotatable bonds is 4. The molecule has 2 saturated heterocycles. The number of pyridine rings is 2. The van der Waals surface area contributed by atoms with Crippen LogP contribution in [0.2, 0.25) is 0 Å². The van der Waals surface area contributed by atoms with Crippen molar-refractivity contribution in [1.82, 2.24) is 28.1 Å². The number of aromatic nitrogens is 4. The minimum atomic E-state index is 0. The number of hydrogen-bond acceptors (Lipinski definition) is 3. The molecule has 4 aliphatic heterocycles. The van der Waals surface area contributed by atoms with Crippen LogP contribution in [0.1, 0.15) is 26.7 Å². The van der Waals surface area contributed by atoms with Crippen molar-refractivity contribution in [2.45, 2.75) is 26.7 Å². The van der Waals surface area contributed by atoms with E-state index in [1.807, 2.05) is 74.5 Å². The topological polar surface area (TPSA) is 44.9 Å². The summed E-state index contributed by atoms with van der Waals surface area (Å²) in [6.07, 6.45) is 6.31. The number of para-hydroxylation sites is 6. The van der Waals surface area contributed by atoms with Crippen LogP contribution in [0.5, 0.6) is 11.5 Å². The smallest absolute Gasteiger partial charge is 0.509 e. The molecular formula is C67H57BkN6OPt+. The summed E-state index contributed by atoms with van der Waals surface area (Å²) in [5, 5.41) is 4.49. The summed E-state index contributed by atoms with van der Waals surface area (Å²) in [5.74, 6) is 2.90. The summed E-state index contributed by atoms with van der Waals surface area (Å²) in [5.41, 5.74) is 15.8. The summed E-state index contributed by atoms with van der Waals surface area (Å²) >= 11 is 0. The van der Waals surface area contributed by atoms with Crippen molar-refractivity contribution in [2.24, 2.45) is 0 Å². The van der Waals surface area contributed by atoms with E-state index in [0.717, 1.165) is 64.2 Å². The van der Waals surface area contributed by atoms with Crippen molar-refractivity contribution in [3.05, 3.63) is 238 Å². The van der Waals surface area contributed by atoms with E-state index in [4.69, 9.17) is 4.74 Å². The maximum Gasteiger partial charge on any atom is 2.00 e. The predicted octanol–water partition coefficient (Wildman–Crippen LogP) is 17.0. The maximum absolute atomic E-state index is 6.39. The van der Waals surface area contributed by atoms with Gasteiger partial charge in [0.2, 0.25) is 0 Å². The average molecular weight is 1400 g/mol. The minimum Gasteiger partial charge on any atom is -0.509 e. The third-order valence-electron chi connectivity index (χ3n) is 15.3. The summed E-state index contributed by atoms with van der Waals surface area (Å²) in [7, 11) is 0. The van der Waals surface area contributed by atoms with Crippen LogP contribution in [0, 0.1) is 19.6 Å².